The van der Waals surface area contributed by atoms with Gasteiger partial charge in [0.2, 0.25) is 14.2 Å². The van der Waals surface area contributed by atoms with Gasteiger partial charge in [0.25, 0.3) is 5.91 Å². The zero-order chi connectivity index (χ0) is 27.2. The Bertz CT molecular complexity index is 1070. The molecule has 1 fully saturated rings. The molecule has 2 aliphatic rings. The van der Waals surface area contributed by atoms with Crippen LogP contribution in [-0.2, 0) is 18.8 Å². The van der Waals surface area contributed by atoms with Crippen LogP contribution in [0.2, 0.25) is 58.9 Å². The smallest absolute Gasteiger partial charge is 0.343 e. The molecule has 36 heavy (non-hydrogen) atoms. The fourth-order valence-electron chi connectivity index (χ4n) is 4.37. The highest BCUT2D eigenvalue weighted by Gasteiger charge is 2.59. The molecule has 2 heterocycles. The van der Waals surface area contributed by atoms with Crippen LogP contribution in [0.5, 0.6) is 0 Å². The van der Waals surface area contributed by atoms with Crippen LogP contribution in [0.1, 0.15) is 11.6 Å². The Balaban J connectivity index is 1.98. The average molecular weight is 584 g/mol. The summed E-state index contributed by atoms with van der Waals surface area (Å²) in [5.74, 6) is -0.521. The molecule has 198 valence electrons. The minimum absolute atomic E-state index is 0.0896. The van der Waals surface area contributed by atoms with E-state index >= 15 is 0 Å². The molecule has 2 amide bonds. The molecule has 1 aromatic rings. The van der Waals surface area contributed by atoms with E-state index in [9.17, 15) is 14.4 Å². The van der Waals surface area contributed by atoms with Crippen molar-refractivity contribution >= 4 is 65.9 Å². The van der Waals surface area contributed by atoms with Gasteiger partial charge in [0.1, 0.15) is 31.4 Å². The first kappa shape index (κ1) is 29.2. The molecule has 0 bridgehead atoms. The number of hydrogen-bond acceptors (Lipinski definition) is 6. The fourth-order valence-corrected chi connectivity index (χ4v) is 9.76. The molecular formula is C24H38ClN3O4SSi3. The highest BCUT2D eigenvalue weighted by Crippen LogP contribution is 2.45. The molecular weight excluding hydrogens is 546 g/mol. The third-order valence-electron chi connectivity index (χ3n) is 5.68. The van der Waals surface area contributed by atoms with Crippen molar-refractivity contribution in [1.82, 2.24) is 14.4 Å². The molecule has 3 atom stereocenters. The fraction of sp³-hybridized carbons (Fsp3) is 0.542. The predicted molar refractivity (Wildman–Crippen MR) is 155 cm³/mol. The maximum atomic E-state index is 14.3. The number of rotatable bonds is 8. The molecule has 1 N–H and O–H groups in total. The van der Waals surface area contributed by atoms with Crippen molar-refractivity contribution in [2.24, 2.45) is 0 Å². The normalized spacial score (nSPS) is 21.5. The van der Waals surface area contributed by atoms with Gasteiger partial charge in [-0.25, -0.2) is 4.79 Å². The first-order chi connectivity index (χ1) is 16.4. The number of halogens is 1. The Hall–Kier alpha value is -1.38. The summed E-state index contributed by atoms with van der Waals surface area (Å²) in [5, 5.41) is -0.0529. The van der Waals surface area contributed by atoms with Crippen LogP contribution in [-0.4, -0.2) is 69.2 Å². The summed E-state index contributed by atoms with van der Waals surface area (Å²) in [5.41, 5.74) is 1.02. The van der Waals surface area contributed by atoms with Crippen molar-refractivity contribution in [3.05, 3.63) is 46.6 Å². The monoisotopic (exact) mass is 583 g/mol. The topological polar surface area (TPSA) is 79.0 Å². The third-order valence-corrected chi connectivity index (χ3v) is 11.3. The van der Waals surface area contributed by atoms with Crippen molar-refractivity contribution in [2.75, 3.05) is 5.75 Å². The summed E-state index contributed by atoms with van der Waals surface area (Å²) in [6.07, 6.45) is 0. The maximum absolute atomic E-state index is 14.3. The Morgan fingerprint density at radius 2 is 1.67 bits per heavy atom. The van der Waals surface area contributed by atoms with E-state index in [0.717, 1.165) is 5.56 Å². The largest absolute Gasteiger partial charge is 0.515 e. The van der Waals surface area contributed by atoms with E-state index in [1.165, 1.54) is 16.7 Å². The van der Waals surface area contributed by atoms with Crippen LogP contribution in [0.25, 0.3) is 0 Å². The van der Waals surface area contributed by atoms with Crippen LogP contribution < -0.4 is 4.98 Å². The van der Waals surface area contributed by atoms with E-state index in [1.54, 1.807) is 0 Å². The van der Waals surface area contributed by atoms with Crippen LogP contribution in [0.3, 0.4) is 0 Å². The molecule has 1 saturated heterocycles. The van der Waals surface area contributed by atoms with Crippen LogP contribution in [0, 0.1) is 0 Å². The van der Waals surface area contributed by atoms with Gasteiger partial charge in [-0.2, -0.15) is 0 Å². The Morgan fingerprint density at radius 3 is 2.17 bits per heavy atom. The van der Waals surface area contributed by atoms with E-state index in [1.807, 2.05) is 54.5 Å². The summed E-state index contributed by atoms with van der Waals surface area (Å²) in [4.78, 5) is 46.1. The van der Waals surface area contributed by atoms with Gasteiger partial charge in [0.15, 0.2) is 8.24 Å². The summed E-state index contributed by atoms with van der Waals surface area (Å²) in [6.45, 7) is 18.4. The number of nitrogens with one attached hydrogen (secondary N) is 1. The Labute approximate surface area is 227 Å². The number of β-lactam (4-membered cyclic amide) rings is 1. The van der Waals surface area contributed by atoms with Crippen molar-refractivity contribution in [3.63, 3.8) is 0 Å². The SMILES string of the molecule is C[Si](C)(C)NC(C(=O)N(C1C(=O)N2C(C(=O)O[Si](C)(C)C)=C(Cl)CSC12)[Si](C)(C)C)c1ccccc1. The van der Waals surface area contributed by atoms with E-state index in [4.69, 9.17) is 16.0 Å². The summed E-state index contributed by atoms with van der Waals surface area (Å²) >= 11 is 7.94. The zero-order valence-corrected chi connectivity index (χ0v) is 27.2. The molecule has 2 aliphatic heterocycles. The first-order valence-corrected chi connectivity index (χ1v) is 23.9. The molecule has 12 heteroatoms. The van der Waals surface area contributed by atoms with Crippen molar-refractivity contribution < 1.29 is 18.8 Å². The number of carbonyl (C=O) groups excluding carboxylic acids is 3. The number of benzene rings is 1. The number of nitrogens with zero attached hydrogens (tertiary/aromatic N) is 2. The Morgan fingerprint density at radius 1 is 1.08 bits per heavy atom. The van der Waals surface area contributed by atoms with Gasteiger partial charge >= 0.3 is 5.97 Å². The number of carbonyl (C=O) groups is 3. The van der Waals surface area contributed by atoms with Crippen molar-refractivity contribution in [2.45, 2.75) is 76.4 Å². The van der Waals surface area contributed by atoms with E-state index < -0.39 is 42.8 Å². The second-order valence-electron chi connectivity index (χ2n) is 12.2. The van der Waals surface area contributed by atoms with Crippen LogP contribution in [0.4, 0.5) is 0 Å². The number of fused-ring (bicyclic) bond motifs is 1. The quantitative estimate of drug-likeness (QED) is 0.345. The molecule has 0 saturated carbocycles. The molecule has 1 aromatic carbocycles. The number of thioether (sulfide) groups is 1. The predicted octanol–water partition coefficient (Wildman–Crippen LogP) is 4.93. The second kappa shape index (κ2) is 10.4. The molecule has 3 unspecified atom stereocenters. The van der Waals surface area contributed by atoms with Gasteiger partial charge < -0.3 is 14.0 Å². The van der Waals surface area contributed by atoms with Crippen LogP contribution >= 0.6 is 23.4 Å². The van der Waals surface area contributed by atoms with Crippen molar-refractivity contribution in [1.29, 1.82) is 0 Å². The summed E-state index contributed by atoms with van der Waals surface area (Å²) in [6, 6.07) is 8.50. The first-order valence-electron chi connectivity index (χ1n) is 12.1. The molecule has 0 radical (unpaired) electrons. The lowest BCUT2D eigenvalue weighted by Gasteiger charge is -2.56. The minimum atomic E-state index is -2.34. The minimum Gasteiger partial charge on any atom is -0.515 e. The lowest BCUT2D eigenvalue weighted by atomic mass is 10.0. The highest BCUT2D eigenvalue weighted by atomic mass is 35.5. The molecule has 7 nitrogen and oxygen atoms in total. The van der Waals surface area contributed by atoms with Gasteiger partial charge in [0, 0.05) is 5.75 Å². The zero-order valence-electron chi connectivity index (χ0n) is 22.6. The summed E-state index contributed by atoms with van der Waals surface area (Å²) < 4.78 is 7.53. The van der Waals surface area contributed by atoms with Gasteiger partial charge in [0.05, 0.1) is 5.03 Å². The average Bonchev–Trinajstić information content (AvgIpc) is 2.73. The molecule has 0 spiro atoms. The van der Waals surface area contributed by atoms with Gasteiger partial charge in [-0.05, 0) is 25.2 Å². The lowest BCUT2D eigenvalue weighted by Crippen LogP contribution is -2.75. The maximum Gasteiger partial charge on any atom is 0.343 e. The number of amides is 2. The van der Waals surface area contributed by atoms with E-state index in [0.29, 0.717) is 10.8 Å². The molecule has 3 rings (SSSR count). The number of hydrogen-bond donors (Lipinski definition) is 1. The molecule has 0 aromatic heterocycles. The van der Waals surface area contributed by atoms with E-state index in [2.05, 4.69) is 44.3 Å². The highest BCUT2D eigenvalue weighted by molar-refractivity contribution is 8.00. The van der Waals surface area contributed by atoms with Gasteiger partial charge in [-0.3, -0.25) is 14.5 Å². The standard InChI is InChI=1S/C24H38ClN3O4SSi3/c1-34(2,3)26-18(16-13-11-10-12-14-16)21(29)28(35(4,5)6)20-22(30)27-19(17(25)15-33-23(20)27)24(31)32-36(7,8)9/h10-14,18,20,23,26H,15H2,1-9H3. The van der Waals surface area contributed by atoms with Gasteiger partial charge in [-0.15, -0.1) is 11.8 Å². The summed E-state index contributed by atoms with van der Waals surface area (Å²) in [7, 11) is -6.40. The van der Waals surface area contributed by atoms with Crippen molar-refractivity contribution in [3.8, 4) is 0 Å². The van der Waals surface area contributed by atoms with Gasteiger partial charge in [-0.1, -0.05) is 81.2 Å². The second-order valence-corrected chi connectivity index (χ2v) is 27.8. The Kier molecular flexibility index (Phi) is 8.44. The third kappa shape index (κ3) is 6.36. The van der Waals surface area contributed by atoms with Crippen LogP contribution in [0.15, 0.2) is 41.1 Å². The molecule has 0 aliphatic carbocycles. The van der Waals surface area contributed by atoms with E-state index in [-0.39, 0.29) is 22.9 Å². The lowest BCUT2D eigenvalue weighted by molar-refractivity contribution is -0.156.